The maximum Gasteiger partial charge on any atom is 0.274 e. The number of aromatic amines is 1. The summed E-state index contributed by atoms with van der Waals surface area (Å²) in [6.07, 6.45) is 5.00. The van der Waals surface area contributed by atoms with Gasteiger partial charge in [0, 0.05) is 18.8 Å². The van der Waals surface area contributed by atoms with Crippen molar-refractivity contribution in [3.63, 3.8) is 0 Å². The molecule has 3 N–H and O–H groups in total. The minimum atomic E-state index is -0.375. The fraction of sp³-hybridized carbons (Fsp3) is 0.600. The van der Waals surface area contributed by atoms with Gasteiger partial charge in [-0.2, -0.15) is 0 Å². The molecule has 2 amide bonds. The molecular formula is C15H24N4O2. The summed E-state index contributed by atoms with van der Waals surface area (Å²) in [6.45, 7) is 5.14. The summed E-state index contributed by atoms with van der Waals surface area (Å²) in [6, 6.07) is 3.84. The summed E-state index contributed by atoms with van der Waals surface area (Å²) in [5, 5.41) is 5.86. The van der Waals surface area contributed by atoms with E-state index < -0.39 is 0 Å². The molecule has 0 aliphatic carbocycles. The van der Waals surface area contributed by atoms with Crippen LogP contribution < -0.4 is 10.6 Å². The molecule has 0 bridgehead atoms. The van der Waals surface area contributed by atoms with Crippen LogP contribution in [0.3, 0.4) is 0 Å². The van der Waals surface area contributed by atoms with Gasteiger partial charge in [-0.1, -0.05) is 6.92 Å². The Balaban J connectivity index is 1.81. The monoisotopic (exact) mass is 292 g/mol. The van der Waals surface area contributed by atoms with E-state index in [1.54, 1.807) is 18.3 Å². The largest absolute Gasteiger partial charge is 0.357 e. The predicted octanol–water partition coefficient (Wildman–Crippen LogP) is 0.735. The summed E-state index contributed by atoms with van der Waals surface area (Å²) in [7, 11) is 0. The molecule has 0 spiro atoms. The normalized spacial score (nSPS) is 18.1. The zero-order valence-corrected chi connectivity index (χ0v) is 12.5. The third-order valence-electron chi connectivity index (χ3n) is 3.64. The molecule has 2 heterocycles. The first-order valence-corrected chi connectivity index (χ1v) is 7.62. The highest BCUT2D eigenvalue weighted by atomic mass is 16.2. The van der Waals surface area contributed by atoms with Gasteiger partial charge in [0.2, 0.25) is 5.91 Å². The standard InChI is InChI=1S/C15H24N4O2/c1-2-9-19(10-12-5-3-7-16-12)11-14(20)18-15(21)13-6-4-8-17-13/h4,6,8,12,16-17H,2-3,5,7,9-11H2,1H3,(H,18,20,21). The Morgan fingerprint density at radius 1 is 1.48 bits per heavy atom. The van der Waals surface area contributed by atoms with Crippen LogP contribution in [0.15, 0.2) is 18.3 Å². The topological polar surface area (TPSA) is 77.2 Å². The third kappa shape index (κ3) is 4.99. The van der Waals surface area contributed by atoms with Crippen molar-refractivity contribution in [2.24, 2.45) is 0 Å². The Labute approximate surface area is 125 Å². The number of nitrogens with one attached hydrogen (secondary N) is 3. The number of nitrogens with zero attached hydrogens (tertiary/aromatic N) is 1. The van der Waals surface area contributed by atoms with Crippen molar-refractivity contribution in [2.45, 2.75) is 32.2 Å². The van der Waals surface area contributed by atoms with E-state index in [0.717, 1.165) is 32.5 Å². The Hall–Kier alpha value is -1.66. The lowest BCUT2D eigenvalue weighted by molar-refractivity contribution is -0.121. The van der Waals surface area contributed by atoms with E-state index in [9.17, 15) is 9.59 Å². The van der Waals surface area contributed by atoms with Gasteiger partial charge in [-0.3, -0.25) is 19.8 Å². The van der Waals surface area contributed by atoms with Gasteiger partial charge in [0.05, 0.1) is 6.54 Å². The highest BCUT2D eigenvalue weighted by molar-refractivity contribution is 6.04. The van der Waals surface area contributed by atoms with Crippen molar-refractivity contribution in [2.75, 3.05) is 26.2 Å². The van der Waals surface area contributed by atoms with Crippen molar-refractivity contribution in [3.8, 4) is 0 Å². The second kappa shape index (κ2) is 7.95. The van der Waals surface area contributed by atoms with Crippen LogP contribution in [0.4, 0.5) is 0 Å². The van der Waals surface area contributed by atoms with E-state index in [1.165, 1.54) is 6.42 Å². The number of carbonyl (C=O) groups is 2. The summed E-state index contributed by atoms with van der Waals surface area (Å²) in [4.78, 5) is 28.7. The SMILES string of the molecule is CCCN(CC(=O)NC(=O)c1ccc[nH]1)CC1CCCN1. The third-order valence-corrected chi connectivity index (χ3v) is 3.64. The van der Waals surface area contributed by atoms with Gasteiger partial charge in [0.1, 0.15) is 5.69 Å². The molecule has 0 aromatic carbocycles. The molecule has 21 heavy (non-hydrogen) atoms. The minimum absolute atomic E-state index is 0.249. The van der Waals surface area contributed by atoms with Crippen LogP contribution >= 0.6 is 0 Å². The first-order chi connectivity index (χ1) is 10.2. The molecule has 0 saturated carbocycles. The second-order valence-electron chi connectivity index (χ2n) is 5.49. The van der Waals surface area contributed by atoms with Gasteiger partial charge in [0.25, 0.3) is 5.91 Å². The fourth-order valence-corrected chi connectivity index (χ4v) is 2.68. The number of hydrogen-bond acceptors (Lipinski definition) is 4. The second-order valence-corrected chi connectivity index (χ2v) is 5.49. The van der Waals surface area contributed by atoms with Crippen LogP contribution in [0.2, 0.25) is 0 Å². The molecule has 116 valence electrons. The zero-order chi connectivity index (χ0) is 15.1. The Bertz CT molecular complexity index is 452. The van der Waals surface area contributed by atoms with Crippen molar-refractivity contribution < 1.29 is 9.59 Å². The van der Waals surface area contributed by atoms with E-state index in [0.29, 0.717) is 11.7 Å². The maximum absolute atomic E-state index is 12.0. The predicted molar refractivity (Wildman–Crippen MR) is 81.0 cm³/mol. The Morgan fingerprint density at radius 2 is 2.33 bits per heavy atom. The molecule has 0 radical (unpaired) electrons. The van der Waals surface area contributed by atoms with Gasteiger partial charge < -0.3 is 10.3 Å². The minimum Gasteiger partial charge on any atom is -0.357 e. The molecular weight excluding hydrogens is 268 g/mol. The van der Waals surface area contributed by atoms with Gasteiger partial charge in [0.15, 0.2) is 0 Å². The molecule has 1 aromatic heterocycles. The molecule has 1 aliphatic heterocycles. The summed E-state index contributed by atoms with van der Waals surface area (Å²) < 4.78 is 0. The first-order valence-electron chi connectivity index (χ1n) is 7.62. The average Bonchev–Trinajstić information content (AvgIpc) is 3.11. The van der Waals surface area contributed by atoms with E-state index in [1.807, 2.05) is 0 Å². The maximum atomic E-state index is 12.0. The fourth-order valence-electron chi connectivity index (χ4n) is 2.68. The molecule has 1 unspecified atom stereocenters. The average molecular weight is 292 g/mol. The van der Waals surface area contributed by atoms with Gasteiger partial charge >= 0.3 is 0 Å². The number of rotatable bonds is 7. The number of hydrogen-bond donors (Lipinski definition) is 3. The summed E-state index contributed by atoms with van der Waals surface area (Å²) in [5.41, 5.74) is 0.405. The van der Waals surface area contributed by atoms with Crippen molar-refractivity contribution in [1.82, 2.24) is 20.5 Å². The molecule has 6 nitrogen and oxygen atoms in total. The highest BCUT2D eigenvalue weighted by Crippen LogP contribution is 2.07. The molecule has 1 fully saturated rings. The van der Waals surface area contributed by atoms with Crippen molar-refractivity contribution in [1.29, 1.82) is 0 Å². The molecule has 2 rings (SSSR count). The van der Waals surface area contributed by atoms with Crippen LogP contribution in [0.1, 0.15) is 36.7 Å². The Kier molecular flexibility index (Phi) is 5.95. The van der Waals surface area contributed by atoms with E-state index >= 15 is 0 Å². The molecule has 1 aromatic rings. The van der Waals surface area contributed by atoms with Crippen molar-refractivity contribution >= 4 is 11.8 Å². The smallest absolute Gasteiger partial charge is 0.274 e. The molecule has 1 atom stereocenters. The molecule has 1 aliphatic rings. The number of carbonyl (C=O) groups excluding carboxylic acids is 2. The lowest BCUT2D eigenvalue weighted by atomic mass is 10.2. The van der Waals surface area contributed by atoms with Crippen LogP contribution in [0, 0.1) is 0 Å². The quantitative estimate of drug-likeness (QED) is 0.692. The lowest BCUT2D eigenvalue weighted by Gasteiger charge is -2.24. The zero-order valence-electron chi connectivity index (χ0n) is 12.5. The highest BCUT2D eigenvalue weighted by Gasteiger charge is 2.20. The van der Waals surface area contributed by atoms with Gasteiger partial charge in [-0.05, 0) is 44.5 Å². The number of H-pyrrole nitrogens is 1. The van der Waals surface area contributed by atoms with E-state index in [2.05, 4.69) is 27.4 Å². The number of imide groups is 1. The van der Waals surface area contributed by atoms with Crippen LogP contribution in [0.5, 0.6) is 0 Å². The number of aromatic nitrogens is 1. The molecule has 6 heteroatoms. The van der Waals surface area contributed by atoms with E-state index in [4.69, 9.17) is 0 Å². The summed E-state index contributed by atoms with van der Waals surface area (Å²) >= 11 is 0. The summed E-state index contributed by atoms with van der Waals surface area (Å²) in [5.74, 6) is -0.624. The van der Waals surface area contributed by atoms with Gasteiger partial charge in [-0.15, -0.1) is 0 Å². The van der Waals surface area contributed by atoms with Crippen LogP contribution in [-0.2, 0) is 4.79 Å². The van der Waals surface area contributed by atoms with Crippen molar-refractivity contribution in [3.05, 3.63) is 24.0 Å². The molecule has 1 saturated heterocycles. The Morgan fingerprint density at radius 3 is 2.95 bits per heavy atom. The first kappa shape index (κ1) is 15.7. The van der Waals surface area contributed by atoms with Gasteiger partial charge in [-0.25, -0.2) is 0 Å². The van der Waals surface area contributed by atoms with Crippen LogP contribution in [0.25, 0.3) is 0 Å². The van der Waals surface area contributed by atoms with Crippen LogP contribution in [-0.4, -0.2) is 53.9 Å². The lowest BCUT2D eigenvalue weighted by Crippen LogP contribution is -2.44. The van der Waals surface area contributed by atoms with E-state index in [-0.39, 0.29) is 18.4 Å². The number of amides is 2.